The Kier molecular flexibility index (Phi) is 6.40. The maximum Gasteiger partial charge on any atom is 0.417 e. The first kappa shape index (κ1) is 24.4. The Bertz CT molecular complexity index is 1170. The van der Waals surface area contributed by atoms with E-state index in [9.17, 15) is 22.8 Å². The van der Waals surface area contributed by atoms with Crippen molar-refractivity contribution in [1.82, 2.24) is 20.2 Å². The molecule has 2 amide bonds. The first-order valence-corrected chi connectivity index (χ1v) is 11.2. The third-order valence-electron chi connectivity index (χ3n) is 7.05. The Morgan fingerprint density at radius 2 is 1.91 bits per heavy atom. The first-order valence-electron chi connectivity index (χ1n) is 11.2. The van der Waals surface area contributed by atoms with E-state index in [1.807, 2.05) is 4.90 Å². The Balaban J connectivity index is 1.55. The van der Waals surface area contributed by atoms with Gasteiger partial charge in [0.25, 0.3) is 5.91 Å². The van der Waals surface area contributed by atoms with Gasteiger partial charge in [-0.3, -0.25) is 14.6 Å². The van der Waals surface area contributed by atoms with E-state index in [0.717, 1.165) is 6.07 Å². The van der Waals surface area contributed by atoms with Gasteiger partial charge in [-0.25, -0.2) is 4.98 Å². The lowest BCUT2D eigenvalue weighted by molar-refractivity contribution is -0.137. The second-order valence-corrected chi connectivity index (χ2v) is 9.08. The van der Waals surface area contributed by atoms with Crippen molar-refractivity contribution in [1.29, 1.82) is 5.26 Å². The zero-order valence-corrected chi connectivity index (χ0v) is 19.4. The molecule has 1 aromatic carbocycles. The van der Waals surface area contributed by atoms with Crippen LogP contribution in [0.3, 0.4) is 0 Å². The Hall–Kier alpha value is -3.68. The fourth-order valence-corrected chi connectivity index (χ4v) is 5.10. The highest BCUT2D eigenvalue weighted by atomic mass is 19.4. The highest BCUT2D eigenvalue weighted by molar-refractivity contribution is 5.93. The summed E-state index contributed by atoms with van der Waals surface area (Å²) in [6, 6.07) is 5.31. The number of aryl methyl sites for hydroxylation is 1. The molecule has 0 saturated carbocycles. The number of halogens is 3. The number of likely N-dealkylation sites (tertiary alicyclic amines) is 1. The number of amides is 2. The fraction of sp³-hybridized carbons (Fsp3) is 0.458. The number of aromatic nitrogens is 2. The molecule has 2 aliphatic rings. The minimum Gasteiger partial charge on any atom is -0.371 e. The van der Waals surface area contributed by atoms with E-state index < -0.39 is 28.6 Å². The summed E-state index contributed by atoms with van der Waals surface area (Å²) >= 11 is 0. The van der Waals surface area contributed by atoms with Crippen molar-refractivity contribution in [2.24, 2.45) is 11.3 Å². The Morgan fingerprint density at radius 3 is 2.49 bits per heavy atom. The van der Waals surface area contributed by atoms with Crippen LogP contribution in [0.1, 0.15) is 40.2 Å². The number of hydrogen-bond acceptors (Lipinski definition) is 6. The zero-order chi connectivity index (χ0) is 25.4. The van der Waals surface area contributed by atoms with E-state index in [1.54, 1.807) is 24.9 Å². The average Bonchev–Trinajstić information content (AvgIpc) is 3.21. The third kappa shape index (κ3) is 4.65. The van der Waals surface area contributed by atoms with E-state index in [0.29, 0.717) is 43.9 Å². The molecule has 2 fully saturated rings. The summed E-state index contributed by atoms with van der Waals surface area (Å²) in [4.78, 5) is 37.6. The van der Waals surface area contributed by atoms with Gasteiger partial charge in [-0.1, -0.05) is 0 Å². The minimum atomic E-state index is -4.63. The second kappa shape index (κ2) is 9.17. The van der Waals surface area contributed by atoms with Gasteiger partial charge >= 0.3 is 6.18 Å². The number of carbonyl (C=O) groups excluding carboxylic acids is 2. The van der Waals surface area contributed by atoms with Crippen molar-refractivity contribution in [2.45, 2.75) is 25.9 Å². The van der Waals surface area contributed by atoms with E-state index in [-0.39, 0.29) is 24.1 Å². The number of anilines is 1. The molecule has 1 atom stereocenters. The molecule has 1 aromatic heterocycles. The van der Waals surface area contributed by atoms with Crippen LogP contribution >= 0.6 is 0 Å². The molecular weight excluding hydrogens is 461 g/mol. The van der Waals surface area contributed by atoms with Crippen molar-refractivity contribution in [3.8, 4) is 6.07 Å². The van der Waals surface area contributed by atoms with E-state index in [1.165, 1.54) is 24.5 Å². The minimum absolute atomic E-state index is 0.165. The predicted octanol–water partition coefficient (Wildman–Crippen LogP) is 2.78. The van der Waals surface area contributed by atoms with Crippen LogP contribution in [0.25, 0.3) is 0 Å². The van der Waals surface area contributed by atoms with Crippen molar-refractivity contribution in [3.63, 3.8) is 0 Å². The van der Waals surface area contributed by atoms with Gasteiger partial charge in [-0.2, -0.15) is 18.4 Å². The summed E-state index contributed by atoms with van der Waals surface area (Å²) in [5.74, 6) is -0.905. The summed E-state index contributed by atoms with van der Waals surface area (Å²) in [5.41, 5.74) is -0.603. The van der Waals surface area contributed by atoms with Gasteiger partial charge in [-0.05, 0) is 38.0 Å². The van der Waals surface area contributed by atoms with Gasteiger partial charge in [0.1, 0.15) is 5.69 Å². The number of carbonyl (C=O) groups is 2. The maximum atomic E-state index is 13.4. The Labute approximate surface area is 200 Å². The second-order valence-electron chi connectivity index (χ2n) is 9.08. The summed E-state index contributed by atoms with van der Waals surface area (Å²) in [5, 5.41) is 11.7. The van der Waals surface area contributed by atoms with Crippen molar-refractivity contribution in [2.75, 3.05) is 38.1 Å². The van der Waals surface area contributed by atoms with E-state index in [4.69, 9.17) is 5.26 Å². The molecule has 2 aromatic rings. The fourth-order valence-electron chi connectivity index (χ4n) is 5.10. The number of benzene rings is 1. The van der Waals surface area contributed by atoms with Crippen LogP contribution in [-0.2, 0) is 11.0 Å². The number of alkyl halides is 3. The molecule has 8 nitrogen and oxygen atoms in total. The average molecular weight is 486 g/mol. The predicted molar refractivity (Wildman–Crippen MR) is 120 cm³/mol. The number of nitrogens with one attached hydrogen (secondary N) is 1. The van der Waals surface area contributed by atoms with E-state index >= 15 is 0 Å². The lowest BCUT2D eigenvalue weighted by Gasteiger charge is -2.43. The van der Waals surface area contributed by atoms with Crippen LogP contribution in [0.15, 0.2) is 30.6 Å². The molecule has 1 N–H and O–H groups in total. The molecule has 0 aliphatic carbocycles. The standard InChI is InChI=1S/C24H25F3N6O2/c1-15-11-31-20(12-30-15)22(35)33-13-19(21(34)29-2)23(14-33)5-7-32(8-6-23)17-4-3-16(10-28)18(9-17)24(25,26)27/h3-4,9,11-12,19H,5-8,13-14H2,1-2H3,(H,29,34). The molecule has 1 spiro atoms. The molecule has 3 heterocycles. The van der Waals surface area contributed by atoms with Gasteiger partial charge in [0.15, 0.2) is 0 Å². The summed E-state index contributed by atoms with van der Waals surface area (Å²) < 4.78 is 40.3. The number of rotatable bonds is 3. The molecular formula is C24H25F3N6O2. The highest BCUT2D eigenvalue weighted by Crippen LogP contribution is 2.46. The van der Waals surface area contributed by atoms with Crippen LogP contribution < -0.4 is 10.2 Å². The van der Waals surface area contributed by atoms with Gasteiger partial charge in [-0.15, -0.1) is 0 Å². The summed E-state index contributed by atoms with van der Waals surface area (Å²) in [7, 11) is 1.55. The van der Waals surface area contributed by atoms with Crippen LogP contribution in [-0.4, -0.2) is 59.9 Å². The lowest BCUT2D eigenvalue weighted by atomic mass is 9.70. The van der Waals surface area contributed by atoms with Crippen molar-refractivity contribution in [3.05, 3.63) is 53.1 Å². The molecule has 184 valence electrons. The normalized spacial score (nSPS) is 19.5. The van der Waals surface area contributed by atoms with Crippen molar-refractivity contribution < 1.29 is 22.8 Å². The molecule has 2 saturated heterocycles. The smallest absolute Gasteiger partial charge is 0.371 e. The quantitative estimate of drug-likeness (QED) is 0.716. The molecule has 35 heavy (non-hydrogen) atoms. The summed E-state index contributed by atoms with van der Waals surface area (Å²) in [6.45, 7) is 3.21. The van der Waals surface area contributed by atoms with Gasteiger partial charge < -0.3 is 15.1 Å². The highest BCUT2D eigenvalue weighted by Gasteiger charge is 2.52. The number of nitrogens with zero attached hydrogens (tertiary/aromatic N) is 5. The topological polar surface area (TPSA) is 102 Å². The third-order valence-corrected chi connectivity index (χ3v) is 7.05. The maximum absolute atomic E-state index is 13.4. The lowest BCUT2D eigenvalue weighted by Crippen LogP contribution is -2.48. The zero-order valence-electron chi connectivity index (χ0n) is 19.4. The van der Waals surface area contributed by atoms with Crippen LogP contribution in [0.2, 0.25) is 0 Å². The van der Waals surface area contributed by atoms with Crippen LogP contribution in [0.5, 0.6) is 0 Å². The first-order chi connectivity index (χ1) is 16.6. The van der Waals surface area contributed by atoms with Gasteiger partial charge in [0.2, 0.25) is 5.91 Å². The molecule has 0 radical (unpaired) electrons. The van der Waals surface area contributed by atoms with Crippen LogP contribution in [0.4, 0.5) is 18.9 Å². The Morgan fingerprint density at radius 1 is 1.20 bits per heavy atom. The molecule has 1 unspecified atom stereocenters. The van der Waals surface area contributed by atoms with E-state index in [2.05, 4.69) is 15.3 Å². The summed E-state index contributed by atoms with van der Waals surface area (Å²) in [6.07, 6.45) is -0.650. The molecule has 4 rings (SSSR count). The van der Waals surface area contributed by atoms with Gasteiger partial charge in [0.05, 0.1) is 35.0 Å². The number of piperidine rings is 1. The molecule has 2 aliphatic heterocycles. The van der Waals surface area contributed by atoms with Gasteiger partial charge in [0, 0.05) is 50.5 Å². The largest absolute Gasteiger partial charge is 0.417 e. The molecule has 0 bridgehead atoms. The monoisotopic (exact) mass is 486 g/mol. The van der Waals surface area contributed by atoms with Crippen molar-refractivity contribution >= 4 is 17.5 Å². The van der Waals surface area contributed by atoms with Crippen LogP contribution in [0, 0.1) is 29.6 Å². The SMILES string of the molecule is CNC(=O)C1CN(C(=O)c2cnc(C)cn2)CC12CCN(c1ccc(C#N)c(C(F)(F)F)c1)CC2. The molecule has 11 heteroatoms. The number of nitriles is 1. The number of hydrogen-bond donors (Lipinski definition) is 1.